The van der Waals surface area contributed by atoms with Crippen LogP contribution < -0.4 is 4.48 Å². The lowest BCUT2D eigenvalue weighted by molar-refractivity contribution is 0.258. The molecule has 0 aromatic heterocycles. The van der Waals surface area contributed by atoms with E-state index in [-0.39, 0.29) is 0 Å². The van der Waals surface area contributed by atoms with E-state index in [4.69, 9.17) is 0 Å². The Balaban J connectivity index is 3.17. The summed E-state index contributed by atoms with van der Waals surface area (Å²) in [6.07, 6.45) is 11.8. The average Bonchev–Trinajstić information content (AvgIpc) is 2.60. The predicted octanol–water partition coefficient (Wildman–Crippen LogP) is 6.74. The highest BCUT2D eigenvalue weighted by molar-refractivity contribution is 5.51. The third-order valence-corrected chi connectivity index (χ3v) is 5.12. The number of para-hydroxylation sites is 1. The predicted molar refractivity (Wildman–Crippen MR) is 106 cm³/mol. The third kappa shape index (κ3) is 6.30. The van der Waals surface area contributed by atoms with Gasteiger partial charge in [-0.1, -0.05) is 71.6 Å². The zero-order valence-electron chi connectivity index (χ0n) is 16.2. The maximum atomic E-state index is 2.44. The first kappa shape index (κ1) is 20.2. The van der Waals surface area contributed by atoms with Crippen LogP contribution in [0, 0.1) is 0 Å². The maximum absolute atomic E-state index is 2.44. The summed E-state index contributed by atoms with van der Waals surface area (Å²) in [5.41, 5.74) is 3.24. The molecule has 132 valence electrons. The topological polar surface area (TPSA) is 0 Å². The molecule has 0 heterocycles. The Morgan fingerprint density at radius 2 is 1.13 bits per heavy atom. The lowest BCUT2D eigenvalue weighted by Gasteiger charge is -2.40. The molecule has 0 atom stereocenters. The summed E-state index contributed by atoms with van der Waals surface area (Å²) in [5, 5.41) is 0. The number of benzene rings is 1. The molecule has 0 aliphatic rings. The normalized spacial score (nSPS) is 11.8. The van der Waals surface area contributed by atoms with Gasteiger partial charge in [-0.05, 0) is 38.2 Å². The monoisotopic (exact) mass is 318 g/mol. The Kier molecular flexibility index (Phi) is 10.3. The zero-order valence-corrected chi connectivity index (χ0v) is 16.2. The van der Waals surface area contributed by atoms with Crippen LogP contribution in [0.2, 0.25) is 0 Å². The van der Waals surface area contributed by atoms with Crippen LogP contribution in [0.4, 0.5) is 5.69 Å². The van der Waals surface area contributed by atoms with E-state index in [0.29, 0.717) is 0 Å². The van der Waals surface area contributed by atoms with Crippen molar-refractivity contribution in [2.45, 2.75) is 85.5 Å². The molecule has 1 rings (SSSR count). The largest absolute Gasteiger partial charge is 0.291 e. The lowest BCUT2D eigenvalue weighted by atomic mass is 10.0. The van der Waals surface area contributed by atoms with Crippen LogP contribution in [0.15, 0.2) is 24.3 Å². The van der Waals surface area contributed by atoms with E-state index in [1.165, 1.54) is 81.9 Å². The Morgan fingerprint density at radius 1 is 0.652 bits per heavy atom. The summed E-state index contributed by atoms with van der Waals surface area (Å²) >= 11 is 0. The van der Waals surface area contributed by atoms with Crippen molar-refractivity contribution in [1.29, 1.82) is 0 Å². The fraction of sp³-hybridized carbons (Fsp3) is 0.727. The molecule has 0 fully saturated rings. The molecule has 0 amide bonds. The summed E-state index contributed by atoms with van der Waals surface area (Å²) in [4.78, 5) is 0. The Morgan fingerprint density at radius 3 is 1.61 bits per heavy atom. The molecular weight excluding hydrogens is 278 g/mol. The van der Waals surface area contributed by atoms with Crippen molar-refractivity contribution < 1.29 is 0 Å². The van der Waals surface area contributed by atoms with Crippen LogP contribution >= 0.6 is 0 Å². The van der Waals surface area contributed by atoms with Crippen LogP contribution in [0.5, 0.6) is 0 Å². The average molecular weight is 319 g/mol. The van der Waals surface area contributed by atoms with Crippen molar-refractivity contribution in [2.24, 2.45) is 0 Å². The first-order valence-electron chi connectivity index (χ1n) is 10.2. The van der Waals surface area contributed by atoms with Crippen molar-refractivity contribution >= 4 is 5.69 Å². The number of unbranched alkanes of at least 4 members (excludes halogenated alkanes) is 4. The van der Waals surface area contributed by atoms with Gasteiger partial charge >= 0.3 is 0 Å². The number of aryl methyl sites for hydroxylation is 1. The van der Waals surface area contributed by atoms with E-state index in [1.54, 1.807) is 11.3 Å². The van der Waals surface area contributed by atoms with Gasteiger partial charge in [-0.25, -0.2) is 0 Å². The summed E-state index contributed by atoms with van der Waals surface area (Å²) < 4.78 is 1.23. The van der Waals surface area contributed by atoms with E-state index in [1.807, 2.05) is 0 Å². The van der Waals surface area contributed by atoms with Crippen molar-refractivity contribution in [3.63, 3.8) is 0 Å². The smallest absolute Gasteiger partial charge is 0.136 e. The van der Waals surface area contributed by atoms with Gasteiger partial charge < -0.3 is 0 Å². The highest BCUT2D eigenvalue weighted by Crippen LogP contribution is 2.31. The maximum Gasteiger partial charge on any atom is 0.136 e. The number of hydrogen-bond acceptors (Lipinski definition) is 0. The molecule has 1 aromatic rings. The van der Waals surface area contributed by atoms with Gasteiger partial charge in [0.15, 0.2) is 0 Å². The molecule has 0 saturated heterocycles. The van der Waals surface area contributed by atoms with Gasteiger partial charge in [-0.3, -0.25) is 4.48 Å². The number of quaternary nitrogens is 1. The van der Waals surface area contributed by atoms with Gasteiger partial charge in [0.05, 0.1) is 19.6 Å². The molecule has 1 aromatic carbocycles. The first-order chi connectivity index (χ1) is 11.2. The van der Waals surface area contributed by atoms with Gasteiger partial charge in [0, 0.05) is 5.56 Å². The van der Waals surface area contributed by atoms with Crippen LogP contribution in [0.3, 0.4) is 0 Å². The van der Waals surface area contributed by atoms with E-state index in [9.17, 15) is 0 Å². The second-order valence-corrected chi connectivity index (χ2v) is 7.11. The van der Waals surface area contributed by atoms with Crippen molar-refractivity contribution in [2.75, 3.05) is 19.6 Å². The molecule has 0 saturated carbocycles. The van der Waals surface area contributed by atoms with E-state index in [2.05, 4.69) is 52.0 Å². The van der Waals surface area contributed by atoms with E-state index < -0.39 is 0 Å². The summed E-state index contributed by atoms with van der Waals surface area (Å²) in [6, 6.07) is 9.33. The number of hydrogen-bond donors (Lipinski definition) is 0. The standard InChI is InChI=1S/C22H40N/c1-5-9-15-21-16-13-14-17-22(21)23(18-10-6-2,19-11-7-3)20-12-8-4/h13-14,16-17H,5-12,15,18-20H2,1-4H3/q+1. The Hall–Kier alpha value is -0.820. The quantitative estimate of drug-likeness (QED) is 0.353. The fourth-order valence-electron chi connectivity index (χ4n) is 3.63. The van der Waals surface area contributed by atoms with Crippen LogP contribution in [0.1, 0.15) is 84.6 Å². The molecule has 0 unspecified atom stereocenters. The van der Waals surface area contributed by atoms with Crippen LogP contribution in [0.25, 0.3) is 0 Å². The second-order valence-electron chi connectivity index (χ2n) is 7.11. The van der Waals surface area contributed by atoms with Crippen molar-refractivity contribution in [3.05, 3.63) is 29.8 Å². The number of nitrogens with zero attached hydrogens (tertiary/aromatic N) is 1. The van der Waals surface area contributed by atoms with Gasteiger partial charge in [-0.2, -0.15) is 0 Å². The van der Waals surface area contributed by atoms with Crippen LogP contribution in [-0.2, 0) is 6.42 Å². The molecule has 1 heteroatoms. The summed E-state index contributed by atoms with van der Waals surface area (Å²) in [5.74, 6) is 0. The summed E-state index contributed by atoms with van der Waals surface area (Å²) in [7, 11) is 0. The van der Waals surface area contributed by atoms with Gasteiger partial charge in [0.25, 0.3) is 0 Å². The molecule has 0 spiro atoms. The van der Waals surface area contributed by atoms with E-state index in [0.717, 1.165) is 0 Å². The highest BCUT2D eigenvalue weighted by Gasteiger charge is 2.30. The van der Waals surface area contributed by atoms with Gasteiger partial charge in [0.1, 0.15) is 5.69 Å². The molecule has 0 aliphatic heterocycles. The molecule has 0 bridgehead atoms. The van der Waals surface area contributed by atoms with Gasteiger partial charge in [0.2, 0.25) is 0 Å². The minimum absolute atomic E-state index is 1.23. The zero-order chi connectivity index (χ0) is 17.0. The van der Waals surface area contributed by atoms with E-state index >= 15 is 0 Å². The molecule has 23 heavy (non-hydrogen) atoms. The van der Waals surface area contributed by atoms with Gasteiger partial charge in [-0.15, -0.1) is 0 Å². The SMILES string of the molecule is CCCCc1ccccc1[N+](CCCC)(CCCC)CCCC. The number of rotatable bonds is 13. The minimum Gasteiger partial charge on any atom is -0.291 e. The highest BCUT2D eigenvalue weighted by atomic mass is 15.4. The van der Waals surface area contributed by atoms with Crippen LogP contribution in [-0.4, -0.2) is 19.6 Å². The summed E-state index contributed by atoms with van der Waals surface area (Å²) in [6.45, 7) is 13.3. The lowest BCUT2D eigenvalue weighted by Crippen LogP contribution is -2.52. The third-order valence-electron chi connectivity index (χ3n) is 5.12. The second kappa shape index (κ2) is 11.7. The van der Waals surface area contributed by atoms with Crippen molar-refractivity contribution in [3.8, 4) is 0 Å². The molecule has 0 radical (unpaired) electrons. The Labute approximate surface area is 145 Å². The minimum atomic E-state index is 1.23. The molecule has 0 aliphatic carbocycles. The fourth-order valence-corrected chi connectivity index (χ4v) is 3.63. The first-order valence-corrected chi connectivity index (χ1v) is 10.2. The molecule has 1 nitrogen and oxygen atoms in total. The van der Waals surface area contributed by atoms with Crippen molar-refractivity contribution in [1.82, 2.24) is 4.48 Å². The molecule has 0 N–H and O–H groups in total. The molecular formula is C22H40N+. The Bertz CT molecular complexity index is 388.